The maximum atomic E-state index is 14.6. The molecule has 9 heteroatoms. The van der Waals surface area contributed by atoms with E-state index in [-0.39, 0.29) is 18.5 Å². The van der Waals surface area contributed by atoms with Gasteiger partial charge in [-0.1, -0.05) is 0 Å². The number of piperidine rings is 1. The molecule has 0 aliphatic carbocycles. The van der Waals surface area contributed by atoms with E-state index >= 15 is 0 Å². The Morgan fingerprint density at radius 2 is 1.89 bits per heavy atom. The average molecular weight is 479 g/mol. The Labute approximate surface area is 200 Å². The van der Waals surface area contributed by atoms with Crippen molar-refractivity contribution in [2.24, 2.45) is 0 Å². The predicted octanol–water partition coefficient (Wildman–Crippen LogP) is 4.99. The van der Waals surface area contributed by atoms with Gasteiger partial charge in [0.25, 0.3) is 0 Å². The molecule has 3 aromatic heterocycles. The van der Waals surface area contributed by atoms with Gasteiger partial charge < -0.3 is 10.2 Å². The Balaban J connectivity index is 1.39. The Hall–Kier alpha value is -3.46. The minimum Gasteiger partial charge on any atom is -0.346 e. The summed E-state index contributed by atoms with van der Waals surface area (Å²) in [6.07, 6.45) is 6.57. The van der Waals surface area contributed by atoms with Crippen molar-refractivity contribution in [2.75, 3.05) is 24.5 Å². The van der Waals surface area contributed by atoms with Gasteiger partial charge in [-0.3, -0.25) is 9.67 Å². The van der Waals surface area contributed by atoms with Crippen LogP contribution in [0.15, 0.2) is 55.0 Å². The van der Waals surface area contributed by atoms with E-state index < -0.39 is 23.8 Å². The van der Waals surface area contributed by atoms with Crippen LogP contribution in [0.3, 0.4) is 0 Å². The summed E-state index contributed by atoms with van der Waals surface area (Å²) in [5.74, 6) is -0.595. The zero-order valence-corrected chi connectivity index (χ0v) is 19.0. The number of aromatic nitrogens is 4. The minimum atomic E-state index is -1.17. The van der Waals surface area contributed by atoms with Crippen LogP contribution in [-0.4, -0.2) is 45.6 Å². The summed E-state index contributed by atoms with van der Waals surface area (Å²) in [6.45, 7) is 2.01. The van der Waals surface area contributed by atoms with E-state index in [2.05, 4.69) is 15.4 Å². The Morgan fingerprint density at radius 3 is 2.74 bits per heavy atom. The number of fused-ring (bicyclic) bond motifs is 1. The van der Waals surface area contributed by atoms with Crippen molar-refractivity contribution in [3.8, 4) is 11.1 Å². The number of anilines is 1. The second kappa shape index (κ2) is 8.96. The molecule has 4 aromatic rings. The lowest BCUT2D eigenvalue weighted by Gasteiger charge is -2.26. The second-order valence-electron chi connectivity index (χ2n) is 9.25. The van der Waals surface area contributed by atoms with Gasteiger partial charge in [0, 0.05) is 35.5 Å². The first-order valence-corrected chi connectivity index (χ1v) is 11.9. The van der Waals surface area contributed by atoms with E-state index in [1.54, 1.807) is 17.2 Å². The fraction of sp³-hybridized carbons (Fsp3) is 0.346. The summed E-state index contributed by atoms with van der Waals surface area (Å²) in [4.78, 5) is 11.0. The van der Waals surface area contributed by atoms with E-state index in [0.29, 0.717) is 22.9 Å². The molecule has 180 valence electrons. The fourth-order valence-electron chi connectivity index (χ4n) is 5.26. The van der Waals surface area contributed by atoms with Gasteiger partial charge in [0.15, 0.2) is 0 Å². The van der Waals surface area contributed by atoms with Gasteiger partial charge in [-0.2, -0.15) is 5.10 Å². The van der Waals surface area contributed by atoms with Gasteiger partial charge in [-0.25, -0.2) is 18.2 Å². The van der Waals surface area contributed by atoms with E-state index in [9.17, 15) is 13.2 Å². The summed E-state index contributed by atoms with van der Waals surface area (Å²) < 4.78 is 45.0. The number of nitrogens with one attached hydrogen (secondary N) is 1. The third-order valence-corrected chi connectivity index (χ3v) is 7.03. The van der Waals surface area contributed by atoms with Crippen LogP contribution in [0.5, 0.6) is 0 Å². The highest BCUT2D eigenvalue weighted by Gasteiger charge is 2.36. The highest BCUT2D eigenvalue weighted by atomic mass is 19.1. The molecule has 35 heavy (non-hydrogen) atoms. The van der Waals surface area contributed by atoms with Crippen molar-refractivity contribution >= 4 is 16.9 Å². The summed E-state index contributed by atoms with van der Waals surface area (Å²) in [5, 5.41) is 7.98. The summed E-state index contributed by atoms with van der Waals surface area (Å²) in [6, 6.07) is 8.51. The van der Waals surface area contributed by atoms with Crippen LogP contribution < -0.4 is 10.2 Å². The summed E-state index contributed by atoms with van der Waals surface area (Å²) in [5.41, 5.74) is 3.31. The lowest BCUT2D eigenvalue weighted by atomic mass is 10.0. The van der Waals surface area contributed by atoms with Crippen molar-refractivity contribution in [3.05, 3.63) is 72.2 Å². The number of hydrogen-bond donors (Lipinski definition) is 1. The van der Waals surface area contributed by atoms with Crippen molar-refractivity contribution in [2.45, 2.75) is 37.5 Å². The molecule has 2 saturated heterocycles. The molecule has 0 unspecified atom stereocenters. The van der Waals surface area contributed by atoms with E-state index in [4.69, 9.17) is 4.98 Å². The third kappa shape index (κ3) is 4.14. The van der Waals surface area contributed by atoms with Crippen LogP contribution >= 0.6 is 0 Å². The van der Waals surface area contributed by atoms with Crippen LogP contribution in [0.1, 0.15) is 36.9 Å². The highest BCUT2D eigenvalue weighted by molar-refractivity contribution is 5.91. The molecule has 6 rings (SSSR count). The van der Waals surface area contributed by atoms with Crippen molar-refractivity contribution in [3.63, 3.8) is 0 Å². The van der Waals surface area contributed by atoms with Crippen molar-refractivity contribution in [1.82, 2.24) is 25.1 Å². The largest absolute Gasteiger partial charge is 0.346 e. The maximum Gasteiger partial charge on any atom is 0.130 e. The normalized spacial score (nSPS) is 21.2. The smallest absolute Gasteiger partial charge is 0.130 e. The number of hydrogen-bond acceptors (Lipinski definition) is 5. The molecule has 2 fully saturated rings. The molecular formula is C26H25F3N6. The molecule has 2 atom stereocenters. The van der Waals surface area contributed by atoms with Crippen molar-refractivity contribution in [1.29, 1.82) is 0 Å². The molecule has 0 amide bonds. The van der Waals surface area contributed by atoms with Crippen LogP contribution in [0, 0.1) is 11.6 Å². The quantitative estimate of drug-likeness (QED) is 0.448. The first kappa shape index (κ1) is 22.0. The molecule has 0 bridgehead atoms. The number of alkyl halides is 1. The molecule has 6 nitrogen and oxygen atoms in total. The SMILES string of the molecule is Fc1ccc(F)c([C@H]2C[C@H](F)CN2c2ccc3nccc(-c4cnn(C5CCNCC5)c4)c3n2)c1. The van der Waals surface area contributed by atoms with Crippen LogP contribution in [0.4, 0.5) is 19.0 Å². The number of benzene rings is 1. The monoisotopic (exact) mass is 478 g/mol. The fourth-order valence-corrected chi connectivity index (χ4v) is 5.26. The Morgan fingerprint density at radius 1 is 1.03 bits per heavy atom. The van der Waals surface area contributed by atoms with Gasteiger partial charge in [-0.15, -0.1) is 0 Å². The predicted molar refractivity (Wildman–Crippen MR) is 128 cm³/mol. The zero-order chi connectivity index (χ0) is 23.9. The molecule has 1 aromatic carbocycles. The molecule has 5 heterocycles. The van der Waals surface area contributed by atoms with Crippen molar-refractivity contribution < 1.29 is 13.2 Å². The second-order valence-corrected chi connectivity index (χ2v) is 9.25. The van der Waals surface area contributed by atoms with Crippen LogP contribution in [0.2, 0.25) is 0 Å². The highest BCUT2D eigenvalue weighted by Crippen LogP contribution is 2.39. The molecule has 0 spiro atoms. The number of pyridine rings is 2. The standard InChI is InChI=1S/C26H25F3N6/c27-17-1-2-22(29)21(11-17)24-12-18(28)15-34(24)25-4-3-23-26(33-25)20(7-10-31-23)16-13-32-35(14-16)19-5-8-30-9-6-19/h1-4,7,10-11,13-14,18-19,24,30H,5-6,8-9,12,15H2/t18-,24+/m0/s1. The summed E-state index contributed by atoms with van der Waals surface area (Å²) >= 11 is 0. The lowest BCUT2D eigenvalue weighted by molar-refractivity contribution is 0.343. The first-order valence-electron chi connectivity index (χ1n) is 11.9. The topological polar surface area (TPSA) is 58.9 Å². The molecule has 2 aliphatic rings. The van der Waals surface area contributed by atoms with E-state index in [0.717, 1.165) is 55.3 Å². The number of rotatable bonds is 4. The minimum absolute atomic E-state index is 0.0579. The molecule has 1 N–H and O–H groups in total. The molecule has 2 aliphatic heterocycles. The average Bonchev–Trinajstić information content (AvgIpc) is 3.52. The number of nitrogens with zero attached hydrogens (tertiary/aromatic N) is 5. The lowest BCUT2D eigenvalue weighted by Crippen LogP contribution is -2.29. The third-order valence-electron chi connectivity index (χ3n) is 7.03. The zero-order valence-electron chi connectivity index (χ0n) is 19.0. The number of halogens is 3. The van der Waals surface area contributed by atoms with Gasteiger partial charge in [0.2, 0.25) is 0 Å². The molecule has 0 radical (unpaired) electrons. The molecular weight excluding hydrogens is 453 g/mol. The van der Waals surface area contributed by atoms with Gasteiger partial charge in [0.05, 0.1) is 35.9 Å². The maximum absolute atomic E-state index is 14.6. The Kier molecular flexibility index (Phi) is 5.64. The molecule has 0 saturated carbocycles. The van der Waals surface area contributed by atoms with Gasteiger partial charge in [0.1, 0.15) is 23.6 Å². The Bertz CT molecular complexity index is 1370. The summed E-state index contributed by atoms with van der Waals surface area (Å²) in [7, 11) is 0. The van der Waals surface area contributed by atoms with Gasteiger partial charge >= 0.3 is 0 Å². The van der Waals surface area contributed by atoms with E-state index in [1.165, 1.54) is 0 Å². The van der Waals surface area contributed by atoms with E-state index in [1.807, 2.05) is 29.2 Å². The van der Waals surface area contributed by atoms with Crippen LogP contribution in [-0.2, 0) is 0 Å². The van der Waals surface area contributed by atoms with Crippen LogP contribution in [0.25, 0.3) is 22.2 Å². The first-order chi connectivity index (χ1) is 17.1. The van der Waals surface area contributed by atoms with Gasteiger partial charge in [-0.05, 0) is 62.3 Å².